The molecule has 0 radical (unpaired) electrons. The first-order valence-electron chi connectivity index (χ1n) is 6.52. The predicted octanol–water partition coefficient (Wildman–Crippen LogP) is 1.20. The molecule has 1 aliphatic carbocycles. The third-order valence-corrected chi connectivity index (χ3v) is 3.65. The number of hydrogen-bond donors (Lipinski definition) is 2. The fourth-order valence-corrected chi connectivity index (χ4v) is 2.47. The van der Waals surface area contributed by atoms with Crippen molar-refractivity contribution in [3.8, 4) is 0 Å². The Bertz CT molecular complexity index is 771. The highest BCUT2D eigenvalue weighted by Gasteiger charge is 2.30. The maximum absolute atomic E-state index is 11.9. The van der Waals surface area contributed by atoms with Crippen molar-refractivity contribution >= 4 is 28.9 Å². The van der Waals surface area contributed by atoms with E-state index in [9.17, 15) is 9.59 Å². The highest BCUT2D eigenvalue weighted by atomic mass is 16.2. The molecule has 1 fully saturated rings. The molecule has 2 heterocycles. The first kappa shape index (κ1) is 11.2. The summed E-state index contributed by atoms with van der Waals surface area (Å²) in [6.07, 6.45) is 5.29. The lowest BCUT2D eigenvalue weighted by atomic mass is 10.1. The third kappa shape index (κ3) is 1.61. The topological polar surface area (TPSA) is 75.5 Å². The minimum Gasteiger partial charge on any atom is -0.273 e. The summed E-state index contributed by atoms with van der Waals surface area (Å²) >= 11 is 0. The third-order valence-electron chi connectivity index (χ3n) is 3.65. The average Bonchev–Trinajstić information content (AvgIpc) is 3.24. The van der Waals surface area contributed by atoms with Crippen LogP contribution in [0.15, 0.2) is 29.5 Å². The zero-order valence-corrected chi connectivity index (χ0v) is 10.6. The van der Waals surface area contributed by atoms with E-state index < -0.39 is 0 Å². The molecule has 2 aromatic rings. The molecule has 4 rings (SSSR count). The van der Waals surface area contributed by atoms with Crippen molar-refractivity contribution in [2.45, 2.75) is 12.8 Å². The van der Waals surface area contributed by atoms with Crippen LogP contribution < -0.4 is 10.9 Å². The maximum atomic E-state index is 11.9. The lowest BCUT2D eigenvalue weighted by Gasteiger charge is -2.08. The molecule has 1 saturated carbocycles. The van der Waals surface area contributed by atoms with E-state index in [-0.39, 0.29) is 17.7 Å². The number of nitrogens with zero attached hydrogens (tertiary/aromatic N) is 2. The minimum atomic E-state index is -0.239. The van der Waals surface area contributed by atoms with Gasteiger partial charge in [0, 0.05) is 23.1 Å². The molecule has 2 N–H and O–H groups in total. The van der Waals surface area contributed by atoms with Crippen molar-refractivity contribution in [3.63, 3.8) is 0 Å². The molecule has 1 aromatic heterocycles. The van der Waals surface area contributed by atoms with Gasteiger partial charge in [-0.1, -0.05) is 6.07 Å². The summed E-state index contributed by atoms with van der Waals surface area (Å²) < 4.78 is 1.68. The van der Waals surface area contributed by atoms with Crippen LogP contribution in [0.25, 0.3) is 10.9 Å². The first-order valence-corrected chi connectivity index (χ1v) is 6.52. The summed E-state index contributed by atoms with van der Waals surface area (Å²) in [7, 11) is 0. The Balaban J connectivity index is 1.88. The quantitative estimate of drug-likeness (QED) is 0.858. The number of carbonyl (C=O) groups is 2. The lowest BCUT2D eigenvalue weighted by molar-refractivity contribution is -0.118. The van der Waals surface area contributed by atoms with Crippen molar-refractivity contribution in [2.24, 2.45) is 11.0 Å². The van der Waals surface area contributed by atoms with E-state index in [1.165, 1.54) is 0 Å². The van der Waals surface area contributed by atoms with Crippen molar-refractivity contribution in [1.82, 2.24) is 10.1 Å². The number of benzene rings is 1. The van der Waals surface area contributed by atoms with Gasteiger partial charge in [0.25, 0.3) is 5.91 Å². The maximum Gasteiger partial charge on any atom is 0.272 e. The van der Waals surface area contributed by atoms with Gasteiger partial charge in [0.15, 0.2) is 0 Å². The molecule has 1 aliphatic heterocycles. The monoisotopic (exact) mass is 268 g/mol. The molecule has 0 saturated heterocycles. The Hall–Kier alpha value is -2.63. The number of carbonyl (C=O) groups excluding carboxylic acids is 2. The van der Waals surface area contributed by atoms with Gasteiger partial charge in [0.05, 0.1) is 17.3 Å². The van der Waals surface area contributed by atoms with E-state index in [1.807, 2.05) is 6.07 Å². The number of hydrazone groups is 1. The fourth-order valence-electron chi connectivity index (χ4n) is 2.47. The normalized spacial score (nSPS) is 16.9. The average molecular weight is 268 g/mol. The van der Waals surface area contributed by atoms with Crippen LogP contribution in [0.3, 0.4) is 0 Å². The Morgan fingerprint density at radius 2 is 2.25 bits per heavy atom. The molecule has 0 bridgehead atoms. The lowest BCUT2D eigenvalue weighted by Crippen LogP contribution is -2.23. The molecule has 6 nitrogen and oxygen atoms in total. The SMILES string of the molecule is O=C1NN=Cc2cn(NC(=O)C3CC3)c3cccc1c23. The Kier molecular flexibility index (Phi) is 2.20. The number of rotatable bonds is 2. The van der Waals surface area contributed by atoms with Gasteiger partial charge in [0.2, 0.25) is 5.91 Å². The summed E-state index contributed by atoms with van der Waals surface area (Å²) in [4.78, 5) is 23.8. The smallest absolute Gasteiger partial charge is 0.272 e. The standard InChI is InChI=1S/C14H12N4O2/c19-13(8-4-5-8)17-18-7-9-6-15-16-14(20)10-2-1-3-11(18)12(9)10/h1-3,6-8H,4-5H2,(H,16,20)(H,17,19). The first-order chi connectivity index (χ1) is 9.74. The highest BCUT2D eigenvalue weighted by Crippen LogP contribution is 2.30. The number of hydrogen-bond acceptors (Lipinski definition) is 3. The van der Waals surface area contributed by atoms with Crippen molar-refractivity contribution in [2.75, 3.05) is 5.43 Å². The molecule has 2 aliphatic rings. The summed E-state index contributed by atoms with van der Waals surface area (Å²) in [5, 5.41) is 4.69. The highest BCUT2D eigenvalue weighted by molar-refractivity contribution is 6.14. The molecule has 2 amide bonds. The Morgan fingerprint density at radius 3 is 3.05 bits per heavy atom. The van der Waals surface area contributed by atoms with E-state index in [0.29, 0.717) is 5.56 Å². The van der Waals surface area contributed by atoms with Crippen molar-refractivity contribution < 1.29 is 9.59 Å². The second-order valence-corrected chi connectivity index (χ2v) is 5.10. The van der Waals surface area contributed by atoms with Gasteiger partial charge in [-0.25, -0.2) is 5.43 Å². The van der Waals surface area contributed by atoms with Gasteiger partial charge in [0.1, 0.15) is 0 Å². The molecule has 0 atom stereocenters. The molecule has 100 valence electrons. The van der Waals surface area contributed by atoms with E-state index in [2.05, 4.69) is 16.0 Å². The van der Waals surface area contributed by atoms with Gasteiger partial charge in [-0.15, -0.1) is 0 Å². The van der Waals surface area contributed by atoms with Crippen LogP contribution in [0.5, 0.6) is 0 Å². The van der Waals surface area contributed by atoms with E-state index in [0.717, 1.165) is 29.3 Å². The van der Waals surface area contributed by atoms with Crippen LogP contribution in [-0.4, -0.2) is 22.7 Å². The zero-order valence-electron chi connectivity index (χ0n) is 10.6. The second kappa shape index (κ2) is 3.93. The summed E-state index contributed by atoms with van der Waals surface area (Å²) in [5.41, 5.74) is 7.51. The van der Waals surface area contributed by atoms with Gasteiger partial charge >= 0.3 is 0 Å². The van der Waals surface area contributed by atoms with E-state index in [4.69, 9.17) is 0 Å². The number of aromatic nitrogens is 1. The van der Waals surface area contributed by atoms with Gasteiger partial charge < -0.3 is 0 Å². The predicted molar refractivity (Wildman–Crippen MR) is 74.1 cm³/mol. The van der Waals surface area contributed by atoms with Crippen LogP contribution in [-0.2, 0) is 4.79 Å². The van der Waals surface area contributed by atoms with Crippen LogP contribution in [0.4, 0.5) is 0 Å². The summed E-state index contributed by atoms with van der Waals surface area (Å²) in [6.45, 7) is 0. The summed E-state index contributed by atoms with van der Waals surface area (Å²) in [6, 6.07) is 5.43. The van der Waals surface area contributed by atoms with Gasteiger partial charge in [-0.05, 0) is 25.0 Å². The van der Waals surface area contributed by atoms with Gasteiger partial charge in [-0.3, -0.25) is 19.7 Å². The van der Waals surface area contributed by atoms with Gasteiger partial charge in [-0.2, -0.15) is 5.10 Å². The molecule has 6 heteroatoms. The van der Waals surface area contributed by atoms with E-state index >= 15 is 0 Å². The second-order valence-electron chi connectivity index (χ2n) is 5.10. The molecular weight excluding hydrogens is 256 g/mol. The molecule has 20 heavy (non-hydrogen) atoms. The van der Waals surface area contributed by atoms with Crippen molar-refractivity contribution in [1.29, 1.82) is 0 Å². The Morgan fingerprint density at radius 1 is 1.40 bits per heavy atom. The van der Waals surface area contributed by atoms with Crippen LogP contribution in [0.2, 0.25) is 0 Å². The van der Waals surface area contributed by atoms with Crippen LogP contribution in [0.1, 0.15) is 28.8 Å². The zero-order chi connectivity index (χ0) is 13.7. The fraction of sp³-hybridized carbons (Fsp3) is 0.214. The minimum absolute atomic E-state index is 0.0253. The largest absolute Gasteiger partial charge is 0.273 e. The number of amides is 2. The van der Waals surface area contributed by atoms with Crippen LogP contribution >= 0.6 is 0 Å². The molecule has 0 spiro atoms. The molecule has 0 unspecified atom stereocenters. The van der Waals surface area contributed by atoms with E-state index in [1.54, 1.807) is 29.2 Å². The Labute approximate surface area is 114 Å². The summed E-state index contributed by atoms with van der Waals surface area (Å²) in [5.74, 6) is -0.0851. The molecular formula is C14H12N4O2. The molecule has 1 aromatic carbocycles. The van der Waals surface area contributed by atoms with Crippen LogP contribution in [0, 0.1) is 5.92 Å². The number of nitrogens with one attached hydrogen (secondary N) is 2. The van der Waals surface area contributed by atoms with Crippen molar-refractivity contribution in [3.05, 3.63) is 35.5 Å².